The van der Waals surface area contributed by atoms with Crippen molar-refractivity contribution in [2.75, 3.05) is 19.5 Å². The van der Waals surface area contributed by atoms with Crippen molar-refractivity contribution in [2.24, 2.45) is 0 Å². The number of urea groups is 1. The van der Waals surface area contributed by atoms with Gasteiger partial charge >= 0.3 is 6.03 Å². The van der Waals surface area contributed by atoms with Crippen LogP contribution in [0.25, 0.3) is 5.00 Å². The van der Waals surface area contributed by atoms with E-state index in [2.05, 4.69) is 40.3 Å². The number of rotatable bonds is 4. The highest BCUT2D eigenvalue weighted by Gasteiger charge is 2.36. The van der Waals surface area contributed by atoms with Gasteiger partial charge in [-0.15, -0.1) is 11.3 Å². The number of aromatic nitrogens is 1. The number of nitrogens with one attached hydrogen (secondary N) is 1. The third-order valence-electron chi connectivity index (χ3n) is 7.21. The molecular formula is C29H29N3O3S. The minimum Gasteiger partial charge on any atom is -0.497 e. The van der Waals surface area contributed by atoms with Gasteiger partial charge in [-0.25, -0.2) is 4.79 Å². The Morgan fingerprint density at radius 3 is 2.33 bits per heavy atom. The van der Waals surface area contributed by atoms with Gasteiger partial charge in [-0.1, -0.05) is 12.1 Å². The number of carbonyl (C=O) groups is 1. The molecule has 0 radical (unpaired) electrons. The number of methoxy groups -OCH3 is 2. The van der Waals surface area contributed by atoms with E-state index in [1.807, 2.05) is 52.6 Å². The van der Waals surface area contributed by atoms with Crippen molar-refractivity contribution < 1.29 is 14.3 Å². The average molecular weight is 500 g/mol. The molecule has 1 unspecified atom stereocenters. The first-order valence-electron chi connectivity index (χ1n) is 12.3. The molecule has 1 N–H and O–H groups in total. The van der Waals surface area contributed by atoms with Gasteiger partial charge in [0.05, 0.1) is 32.5 Å². The largest absolute Gasteiger partial charge is 0.497 e. The van der Waals surface area contributed by atoms with Gasteiger partial charge in [0.2, 0.25) is 0 Å². The second-order valence-electron chi connectivity index (χ2n) is 9.26. The highest BCUT2D eigenvalue weighted by molar-refractivity contribution is 7.15. The molecule has 0 saturated heterocycles. The van der Waals surface area contributed by atoms with Gasteiger partial charge in [0.25, 0.3) is 0 Å². The first-order valence-corrected chi connectivity index (χ1v) is 13.1. The Kier molecular flexibility index (Phi) is 5.93. The number of amides is 2. The van der Waals surface area contributed by atoms with E-state index in [0.29, 0.717) is 6.54 Å². The van der Waals surface area contributed by atoms with E-state index in [4.69, 9.17) is 9.47 Å². The molecule has 0 bridgehead atoms. The average Bonchev–Trinajstić information content (AvgIpc) is 3.51. The predicted molar refractivity (Wildman–Crippen MR) is 143 cm³/mol. The number of anilines is 1. The topological polar surface area (TPSA) is 55.7 Å². The standard InChI is InChI=1S/C29H29N3O3S/c1-34-21-13-9-19(10-14-21)27-25-7-5-17-31(25)28-24(23-6-3-4-8-26(23)36-28)18-32(27)29(33)30-20-11-15-22(35-2)16-12-20/h5,7,9-17,27H,3-4,6,8,18H2,1-2H3,(H,30,33). The second kappa shape index (κ2) is 9.39. The summed E-state index contributed by atoms with van der Waals surface area (Å²) in [6.45, 7) is 0.557. The Hall–Kier alpha value is -3.71. The van der Waals surface area contributed by atoms with Crippen molar-refractivity contribution in [3.63, 3.8) is 0 Å². The molecule has 2 amide bonds. The third kappa shape index (κ3) is 3.93. The zero-order chi connectivity index (χ0) is 24.6. The Morgan fingerprint density at radius 2 is 1.61 bits per heavy atom. The molecular weight excluding hydrogens is 470 g/mol. The summed E-state index contributed by atoms with van der Waals surface area (Å²) >= 11 is 1.89. The second-order valence-corrected chi connectivity index (χ2v) is 10.3. The van der Waals surface area contributed by atoms with E-state index >= 15 is 0 Å². The molecule has 0 spiro atoms. The summed E-state index contributed by atoms with van der Waals surface area (Å²) in [5.74, 6) is 1.55. The fraction of sp³-hybridized carbons (Fsp3) is 0.276. The van der Waals surface area contributed by atoms with E-state index in [1.165, 1.54) is 33.8 Å². The van der Waals surface area contributed by atoms with E-state index in [9.17, 15) is 4.79 Å². The van der Waals surface area contributed by atoms with Crippen molar-refractivity contribution in [3.05, 3.63) is 94.1 Å². The Labute approximate surface area is 215 Å². The number of thiophene rings is 1. The number of carbonyl (C=O) groups excluding carboxylic acids is 1. The fourth-order valence-corrected chi connectivity index (χ4v) is 6.80. The fourth-order valence-electron chi connectivity index (χ4n) is 5.39. The van der Waals surface area contributed by atoms with Gasteiger partial charge < -0.3 is 24.3 Å². The first-order chi connectivity index (χ1) is 17.7. The van der Waals surface area contributed by atoms with Gasteiger partial charge in [-0.05, 0) is 85.3 Å². The summed E-state index contributed by atoms with van der Waals surface area (Å²) in [5, 5.41) is 4.39. The SMILES string of the molecule is COc1ccc(NC(=O)N2Cc3c(sc4c3CCCC4)-n3cccc3C2c2ccc(OC)cc2)cc1. The maximum atomic E-state index is 14.0. The molecule has 1 aliphatic heterocycles. The van der Waals surface area contributed by atoms with E-state index in [0.717, 1.165) is 41.3 Å². The third-order valence-corrected chi connectivity index (χ3v) is 8.55. The summed E-state index contributed by atoms with van der Waals surface area (Å²) in [5.41, 5.74) is 5.60. The molecule has 2 aliphatic rings. The van der Waals surface area contributed by atoms with Crippen LogP contribution in [-0.4, -0.2) is 29.7 Å². The maximum absolute atomic E-state index is 14.0. The van der Waals surface area contributed by atoms with Crippen LogP contribution in [0.15, 0.2) is 66.9 Å². The number of hydrogen-bond acceptors (Lipinski definition) is 4. The normalized spacial score (nSPS) is 16.4. The van der Waals surface area contributed by atoms with Gasteiger partial charge in [0, 0.05) is 22.3 Å². The van der Waals surface area contributed by atoms with E-state index in [1.54, 1.807) is 14.2 Å². The smallest absolute Gasteiger partial charge is 0.322 e. The zero-order valence-corrected chi connectivity index (χ0v) is 21.3. The van der Waals surface area contributed by atoms with E-state index in [-0.39, 0.29) is 12.1 Å². The number of benzene rings is 2. The van der Waals surface area contributed by atoms with Crippen LogP contribution in [0.3, 0.4) is 0 Å². The molecule has 7 heteroatoms. The van der Waals surface area contributed by atoms with Crippen molar-refractivity contribution >= 4 is 23.1 Å². The Morgan fingerprint density at radius 1 is 0.917 bits per heavy atom. The molecule has 0 fully saturated rings. The molecule has 6 nitrogen and oxygen atoms in total. The zero-order valence-electron chi connectivity index (χ0n) is 20.5. The quantitative estimate of drug-likeness (QED) is 0.345. The van der Waals surface area contributed by atoms with Gasteiger partial charge in [0.1, 0.15) is 16.5 Å². The van der Waals surface area contributed by atoms with Crippen LogP contribution >= 0.6 is 11.3 Å². The number of ether oxygens (including phenoxy) is 2. The molecule has 1 atom stereocenters. The summed E-state index contributed by atoms with van der Waals surface area (Å²) < 4.78 is 13.0. The summed E-state index contributed by atoms with van der Waals surface area (Å²) in [6.07, 6.45) is 6.79. The van der Waals surface area contributed by atoms with Crippen LogP contribution in [0.4, 0.5) is 10.5 Å². The Bertz CT molecular complexity index is 1390. The monoisotopic (exact) mass is 499 g/mol. The lowest BCUT2D eigenvalue weighted by Crippen LogP contribution is -2.38. The lowest BCUT2D eigenvalue weighted by Gasteiger charge is -2.31. The van der Waals surface area contributed by atoms with Crippen molar-refractivity contribution in [2.45, 2.75) is 38.3 Å². The van der Waals surface area contributed by atoms with Crippen LogP contribution in [0, 0.1) is 0 Å². The number of hydrogen-bond donors (Lipinski definition) is 1. The number of aryl methyl sites for hydroxylation is 1. The molecule has 2 aromatic carbocycles. The van der Waals surface area contributed by atoms with Crippen LogP contribution in [0.1, 0.15) is 46.1 Å². The highest BCUT2D eigenvalue weighted by Crippen LogP contribution is 2.44. The van der Waals surface area contributed by atoms with Crippen LogP contribution in [0.5, 0.6) is 11.5 Å². The number of fused-ring (bicyclic) bond motifs is 5. The summed E-state index contributed by atoms with van der Waals surface area (Å²) in [4.78, 5) is 17.4. The molecule has 1 aliphatic carbocycles. The van der Waals surface area contributed by atoms with E-state index < -0.39 is 0 Å². The van der Waals surface area contributed by atoms with Crippen molar-refractivity contribution in [1.29, 1.82) is 0 Å². The van der Waals surface area contributed by atoms with Gasteiger partial charge in [-0.2, -0.15) is 0 Å². The summed E-state index contributed by atoms with van der Waals surface area (Å²) in [6, 6.07) is 19.3. The molecule has 3 heterocycles. The minimum atomic E-state index is -0.247. The Balaban J connectivity index is 1.46. The predicted octanol–water partition coefficient (Wildman–Crippen LogP) is 6.57. The highest BCUT2D eigenvalue weighted by atomic mass is 32.1. The van der Waals surface area contributed by atoms with Gasteiger partial charge in [-0.3, -0.25) is 0 Å². The summed E-state index contributed by atoms with van der Waals surface area (Å²) in [7, 11) is 3.31. The number of nitrogens with zero attached hydrogens (tertiary/aromatic N) is 2. The molecule has 184 valence electrons. The maximum Gasteiger partial charge on any atom is 0.322 e. The van der Waals surface area contributed by atoms with Crippen molar-refractivity contribution in [3.8, 4) is 16.5 Å². The van der Waals surface area contributed by atoms with Crippen LogP contribution < -0.4 is 14.8 Å². The van der Waals surface area contributed by atoms with Gasteiger partial charge in [0.15, 0.2) is 0 Å². The molecule has 0 saturated carbocycles. The molecule has 4 aromatic rings. The molecule has 2 aromatic heterocycles. The van der Waals surface area contributed by atoms with Crippen LogP contribution in [-0.2, 0) is 19.4 Å². The first kappa shape index (κ1) is 22.7. The minimum absolute atomic E-state index is 0.127. The molecule has 6 rings (SSSR count). The van der Waals surface area contributed by atoms with Crippen molar-refractivity contribution in [1.82, 2.24) is 9.47 Å². The lowest BCUT2D eigenvalue weighted by molar-refractivity contribution is 0.194. The van der Waals surface area contributed by atoms with Crippen LogP contribution in [0.2, 0.25) is 0 Å². The molecule has 36 heavy (non-hydrogen) atoms. The lowest BCUT2D eigenvalue weighted by atomic mass is 9.95.